The van der Waals surface area contributed by atoms with Crippen LogP contribution in [0.1, 0.15) is 25.7 Å². The normalized spacial score (nSPS) is 25.4. The molecule has 0 spiro atoms. The van der Waals surface area contributed by atoms with Crippen LogP contribution in [0.5, 0.6) is 0 Å². The van der Waals surface area contributed by atoms with Crippen LogP contribution in [-0.4, -0.2) is 71.0 Å². The molecule has 0 aromatic rings. The first-order valence-corrected chi connectivity index (χ1v) is 7.25. The second kappa shape index (κ2) is 9.34. The largest absolute Gasteiger partial charge is 0.480 e. The first-order valence-electron chi connectivity index (χ1n) is 7.25. The van der Waals surface area contributed by atoms with Crippen LogP contribution in [0.4, 0.5) is 0 Å². The zero-order valence-electron chi connectivity index (χ0n) is 12.2. The highest BCUT2D eigenvalue weighted by Gasteiger charge is 2.32. The van der Waals surface area contributed by atoms with Crippen LogP contribution in [0.15, 0.2) is 0 Å². The molecule has 0 heterocycles. The van der Waals surface area contributed by atoms with E-state index in [1.54, 1.807) is 0 Å². The van der Waals surface area contributed by atoms with Crippen molar-refractivity contribution in [3.8, 4) is 0 Å². The molecule has 22 heavy (non-hydrogen) atoms. The van der Waals surface area contributed by atoms with Crippen molar-refractivity contribution < 1.29 is 29.7 Å². The summed E-state index contributed by atoms with van der Waals surface area (Å²) in [6, 6.07) is -0.814. The lowest BCUT2D eigenvalue weighted by molar-refractivity contribution is -0.137. The highest BCUT2D eigenvalue weighted by molar-refractivity contribution is 5.70. The third-order valence-electron chi connectivity index (χ3n) is 3.67. The van der Waals surface area contributed by atoms with Gasteiger partial charge in [0.25, 0.3) is 0 Å². The van der Waals surface area contributed by atoms with Gasteiger partial charge in [0.2, 0.25) is 0 Å². The van der Waals surface area contributed by atoms with Crippen molar-refractivity contribution in [1.82, 2.24) is 16.0 Å². The van der Waals surface area contributed by atoms with Crippen LogP contribution in [0.2, 0.25) is 0 Å². The van der Waals surface area contributed by atoms with E-state index in [4.69, 9.17) is 15.3 Å². The molecule has 1 aliphatic rings. The lowest BCUT2D eigenvalue weighted by atomic mass is 9.98. The maximum Gasteiger partial charge on any atom is 0.317 e. The van der Waals surface area contributed by atoms with Gasteiger partial charge in [-0.05, 0) is 12.8 Å². The van der Waals surface area contributed by atoms with Gasteiger partial charge >= 0.3 is 17.9 Å². The van der Waals surface area contributed by atoms with E-state index in [-0.39, 0.29) is 37.8 Å². The van der Waals surface area contributed by atoms with Gasteiger partial charge in [0.1, 0.15) is 0 Å². The fourth-order valence-corrected chi connectivity index (χ4v) is 2.75. The molecule has 9 nitrogen and oxygen atoms in total. The zero-order chi connectivity index (χ0) is 16.5. The molecule has 0 aliphatic heterocycles. The molecule has 0 aromatic heterocycles. The van der Waals surface area contributed by atoms with Crippen molar-refractivity contribution in [2.75, 3.05) is 19.6 Å². The highest BCUT2D eigenvalue weighted by atomic mass is 16.4. The lowest BCUT2D eigenvalue weighted by Crippen LogP contribution is -2.59. The van der Waals surface area contributed by atoms with E-state index in [0.717, 1.165) is 12.8 Å². The predicted octanol–water partition coefficient (Wildman–Crippen LogP) is -1.31. The third kappa shape index (κ3) is 6.83. The third-order valence-corrected chi connectivity index (χ3v) is 3.67. The molecule has 0 saturated heterocycles. The monoisotopic (exact) mass is 317 g/mol. The van der Waals surface area contributed by atoms with Crippen molar-refractivity contribution in [3.05, 3.63) is 0 Å². The van der Waals surface area contributed by atoms with E-state index in [1.807, 2.05) is 0 Å². The number of hydrogen-bond acceptors (Lipinski definition) is 6. The highest BCUT2D eigenvalue weighted by Crippen LogP contribution is 2.19. The SMILES string of the molecule is O=C(O)CNC1CCCCC(NCC(=O)O)C1NCC(=O)O. The number of carbonyl (C=O) groups is 3. The average Bonchev–Trinajstić information content (AvgIpc) is 2.62. The second-order valence-corrected chi connectivity index (χ2v) is 5.35. The van der Waals surface area contributed by atoms with E-state index in [0.29, 0.717) is 12.8 Å². The van der Waals surface area contributed by atoms with Gasteiger partial charge in [-0.15, -0.1) is 0 Å². The molecule has 0 bridgehead atoms. The minimum Gasteiger partial charge on any atom is -0.480 e. The Bertz CT molecular complexity index is 375. The van der Waals surface area contributed by atoms with Crippen LogP contribution in [0.25, 0.3) is 0 Å². The summed E-state index contributed by atoms with van der Waals surface area (Å²) in [5.74, 6) is -2.99. The van der Waals surface area contributed by atoms with Gasteiger partial charge in [0.05, 0.1) is 19.6 Å². The fourth-order valence-electron chi connectivity index (χ4n) is 2.75. The number of carboxylic acid groups (broad SMARTS) is 3. The van der Waals surface area contributed by atoms with Gasteiger partial charge in [-0.25, -0.2) is 0 Å². The Morgan fingerprint density at radius 2 is 1.09 bits per heavy atom. The molecule has 1 fully saturated rings. The molecule has 6 N–H and O–H groups in total. The Balaban J connectivity index is 2.76. The maximum absolute atomic E-state index is 10.8. The molecular weight excluding hydrogens is 294 g/mol. The molecular formula is C13H23N3O6. The average molecular weight is 317 g/mol. The summed E-state index contributed by atoms with van der Waals surface area (Å²) in [7, 11) is 0. The molecule has 2 unspecified atom stereocenters. The van der Waals surface area contributed by atoms with Gasteiger partial charge in [-0.1, -0.05) is 12.8 Å². The lowest BCUT2D eigenvalue weighted by Gasteiger charge is -2.33. The Morgan fingerprint density at radius 3 is 1.45 bits per heavy atom. The van der Waals surface area contributed by atoms with Crippen LogP contribution < -0.4 is 16.0 Å². The topological polar surface area (TPSA) is 148 Å². The zero-order valence-corrected chi connectivity index (χ0v) is 12.2. The predicted molar refractivity (Wildman–Crippen MR) is 76.7 cm³/mol. The van der Waals surface area contributed by atoms with Crippen LogP contribution in [0, 0.1) is 0 Å². The number of aliphatic carboxylic acids is 3. The standard InChI is InChI=1S/C13H23N3O6/c17-10(18)5-14-8-3-1-2-4-9(15-6-11(19)20)13(8)16-7-12(21)22/h8-9,13-16H,1-7H2,(H,17,18)(H,19,20)(H,21,22). The molecule has 126 valence electrons. The van der Waals surface area contributed by atoms with Crippen molar-refractivity contribution in [1.29, 1.82) is 0 Å². The van der Waals surface area contributed by atoms with Gasteiger partial charge < -0.3 is 31.3 Å². The van der Waals surface area contributed by atoms with Crippen molar-refractivity contribution in [2.45, 2.75) is 43.8 Å². The Labute approximate surface area is 128 Å². The summed E-state index contributed by atoms with van der Waals surface area (Å²) in [4.78, 5) is 32.2. The molecule has 1 rings (SSSR count). The molecule has 0 aromatic carbocycles. The summed E-state index contributed by atoms with van der Waals surface area (Å²) in [6.45, 7) is -0.704. The Morgan fingerprint density at radius 1 is 0.727 bits per heavy atom. The van der Waals surface area contributed by atoms with E-state index < -0.39 is 17.9 Å². The molecule has 0 amide bonds. The van der Waals surface area contributed by atoms with E-state index >= 15 is 0 Å². The van der Waals surface area contributed by atoms with Crippen LogP contribution in [0.3, 0.4) is 0 Å². The Kier molecular flexibility index (Phi) is 7.78. The van der Waals surface area contributed by atoms with E-state index in [2.05, 4.69) is 16.0 Å². The van der Waals surface area contributed by atoms with Gasteiger partial charge in [-0.3, -0.25) is 14.4 Å². The fraction of sp³-hybridized carbons (Fsp3) is 0.769. The van der Waals surface area contributed by atoms with Gasteiger partial charge in [-0.2, -0.15) is 0 Å². The number of carboxylic acids is 3. The van der Waals surface area contributed by atoms with Gasteiger partial charge in [0, 0.05) is 18.1 Å². The van der Waals surface area contributed by atoms with E-state index in [1.165, 1.54) is 0 Å². The smallest absolute Gasteiger partial charge is 0.317 e. The summed E-state index contributed by atoms with van der Waals surface area (Å²) in [5, 5.41) is 35.1. The van der Waals surface area contributed by atoms with Crippen LogP contribution >= 0.6 is 0 Å². The molecule has 2 atom stereocenters. The number of nitrogens with one attached hydrogen (secondary N) is 3. The summed E-state index contributed by atoms with van der Waals surface area (Å²) in [6.07, 6.45) is 3.15. The second-order valence-electron chi connectivity index (χ2n) is 5.35. The van der Waals surface area contributed by atoms with Gasteiger partial charge in [0.15, 0.2) is 0 Å². The minimum absolute atomic E-state index is 0.221. The van der Waals surface area contributed by atoms with Crippen LogP contribution in [-0.2, 0) is 14.4 Å². The summed E-state index contributed by atoms with van der Waals surface area (Å²) >= 11 is 0. The summed E-state index contributed by atoms with van der Waals surface area (Å²) < 4.78 is 0. The molecule has 1 saturated carbocycles. The van der Waals surface area contributed by atoms with E-state index in [9.17, 15) is 14.4 Å². The first-order chi connectivity index (χ1) is 10.4. The minimum atomic E-state index is -1.02. The maximum atomic E-state index is 10.8. The quantitative estimate of drug-likeness (QED) is 0.285. The van der Waals surface area contributed by atoms with Crippen molar-refractivity contribution in [2.24, 2.45) is 0 Å². The number of hydrogen-bond donors (Lipinski definition) is 6. The van der Waals surface area contributed by atoms with Crippen molar-refractivity contribution >= 4 is 17.9 Å². The summed E-state index contributed by atoms with van der Waals surface area (Å²) in [5.41, 5.74) is 0. The molecule has 1 aliphatic carbocycles. The Hall–Kier alpha value is -1.71. The number of rotatable bonds is 9. The first kappa shape index (κ1) is 18.3. The molecule has 0 radical (unpaired) electrons. The molecule has 9 heteroatoms. The van der Waals surface area contributed by atoms with Crippen molar-refractivity contribution in [3.63, 3.8) is 0 Å².